The standard InChI is InChI=1S/C44H36N12O4/c57-41-21-23-53-27-55(35-15-3-1-13-33(35)53)25-29-9-5-10-30(45-29)26-56-28-54(34-14-2-4-16-36(34)56)24-22-42(58)50-38-18-8-20-40(48-38)52-44(60)32-12-6-11-31(46-32)43(59)51-39-19-7-17-37(47-39)49-41/h1-20,27-28H,21-26H2,(H2-2,47,48,49,50,51,52,57,58,59,60)/p+2. The van der Waals surface area contributed by atoms with Crippen LogP contribution < -0.4 is 30.4 Å². The van der Waals surface area contributed by atoms with Crippen LogP contribution in [-0.4, -0.2) is 52.7 Å². The number of imidazole rings is 2. The summed E-state index contributed by atoms with van der Waals surface area (Å²) >= 11 is 0. The third-order valence-electron chi connectivity index (χ3n) is 9.98. The Bertz CT molecular complexity index is 2770. The number of aromatic nitrogens is 8. The van der Waals surface area contributed by atoms with Gasteiger partial charge in [-0.15, -0.1) is 0 Å². The molecular formula is C44H38N12O4+2. The second-order valence-corrected chi connectivity index (χ2v) is 14.2. The molecule has 0 saturated heterocycles. The minimum atomic E-state index is -0.605. The van der Waals surface area contributed by atoms with E-state index in [1.54, 1.807) is 36.4 Å². The Morgan fingerprint density at radius 1 is 0.433 bits per heavy atom. The number of hydrogen-bond donors (Lipinski definition) is 4. The monoisotopic (exact) mass is 798 g/mol. The van der Waals surface area contributed by atoms with Crippen molar-refractivity contribution in [2.75, 3.05) is 21.3 Å². The predicted molar refractivity (Wildman–Crippen MR) is 222 cm³/mol. The third-order valence-corrected chi connectivity index (χ3v) is 9.98. The van der Waals surface area contributed by atoms with Gasteiger partial charge in [0.05, 0.1) is 37.3 Å². The molecule has 296 valence electrons. The fraction of sp³-hybridized carbons (Fsp3) is 0.136. The van der Waals surface area contributed by atoms with E-state index < -0.39 is 11.8 Å². The first kappa shape index (κ1) is 37.4. The predicted octanol–water partition coefficient (Wildman–Crippen LogP) is 4.72. The van der Waals surface area contributed by atoms with E-state index in [1.165, 1.54) is 18.2 Å². The van der Waals surface area contributed by atoms with E-state index in [0.717, 1.165) is 33.5 Å². The van der Waals surface area contributed by atoms with Crippen molar-refractivity contribution < 1.29 is 28.3 Å². The van der Waals surface area contributed by atoms with Crippen molar-refractivity contribution in [1.29, 1.82) is 0 Å². The van der Waals surface area contributed by atoms with Gasteiger partial charge < -0.3 is 21.3 Å². The number of anilines is 4. The van der Waals surface area contributed by atoms with Gasteiger partial charge in [0.15, 0.2) is 22.1 Å². The van der Waals surface area contributed by atoms with E-state index in [1.807, 2.05) is 88.5 Å². The Morgan fingerprint density at radius 3 is 1.33 bits per heavy atom. The van der Waals surface area contributed by atoms with Crippen LogP contribution in [0.3, 0.4) is 0 Å². The normalized spacial score (nSPS) is 14.3. The van der Waals surface area contributed by atoms with Gasteiger partial charge in [-0.25, -0.2) is 38.2 Å². The van der Waals surface area contributed by atoms with Crippen LogP contribution in [0.5, 0.6) is 0 Å². The molecule has 60 heavy (non-hydrogen) atoms. The van der Waals surface area contributed by atoms with Crippen molar-refractivity contribution in [3.05, 3.63) is 157 Å². The minimum Gasteiger partial charge on any atom is -0.311 e. The van der Waals surface area contributed by atoms with Gasteiger partial charge in [-0.1, -0.05) is 48.5 Å². The van der Waals surface area contributed by atoms with Gasteiger partial charge in [-0.3, -0.25) is 19.2 Å². The highest BCUT2D eigenvalue weighted by atomic mass is 16.2. The Morgan fingerprint density at radius 2 is 0.850 bits per heavy atom. The summed E-state index contributed by atoms with van der Waals surface area (Å²) in [6.07, 6.45) is 4.33. The molecule has 0 radical (unpaired) electrons. The molecule has 16 nitrogen and oxygen atoms in total. The number of nitrogens with one attached hydrogen (secondary N) is 4. The summed E-state index contributed by atoms with van der Waals surface area (Å²) in [4.78, 5) is 71.0. The molecule has 2 aromatic carbocycles. The Balaban J connectivity index is 1.02. The van der Waals surface area contributed by atoms with Crippen molar-refractivity contribution in [2.24, 2.45) is 0 Å². The van der Waals surface area contributed by atoms with Gasteiger partial charge in [-0.05, 0) is 72.8 Å². The largest absolute Gasteiger partial charge is 0.311 e. The highest BCUT2D eigenvalue weighted by molar-refractivity contribution is 6.06. The lowest BCUT2D eigenvalue weighted by atomic mass is 10.2. The second kappa shape index (κ2) is 16.4. The van der Waals surface area contributed by atoms with Crippen LogP contribution >= 0.6 is 0 Å². The molecular weight excluding hydrogens is 761 g/mol. The van der Waals surface area contributed by atoms with Gasteiger partial charge in [0.2, 0.25) is 24.5 Å². The maximum Gasteiger partial charge on any atom is 0.275 e. The summed E-state index contributed by atoms with van der Waals surface area (Å²) in [6, 6.07) is 36.3. The van der Waals surface area contributed by atoms with Crippen molar-refractivity contribution in [1.82, 2.24) is 29.1 Å². The van der Waals surface area contributed by atoms with Crippen LogP contribution in [0.25, 0.3) is 22.1 Å². The highest BCUT2D eigenvalue weighted by Crippen LogP contribution is 2.17. The molecule has 0 unspecified atom stereocenters. The highest BCUT2D eigenvalue weighted by Gasteiger charge is 2.21. The molecule has 6 aromatic heterocycles. The van der Waals surface area contributed by atoms with Gasteiger partial charge in [-0.2, -0.15) is 0 Å². The summed E-state index contributed by atoms with van der Waals surface area (Å²) in [5, 5.41) is 11.0. The Hall–Kier alpha value is -8.14. The number of hydrogen-bond acceptors (Lipinski definition) is 8. The fourth-order valence-corrected chi connectivity index (χ4v) is 7.20. The van der Waals surface area contributed by atoms with Crippen LogP contribution in [0.2, 0.25) is 0 Å². The summed E-state index contributed by atoms with van der Waals surface area (Å²) in [5.41, 5.74) is 5.65. The van der Waals surface area contributed by atoms with Gasteiger partial charge in [0.25, 0.3) is 11.8 Å². The molecule has 0 aliphatic carbocycles. The van der Waals surface area contributed by atoms with E-state index in [-0.39, 0.29) is 59.3 Å². The van der Waals surface area contributed by atoms with E-state index >= 15 is 0 Å². The zero-order valence-corrected chi connectivity index (χ0v) is 32.2. The topological polar surface area (TPSA) is 186 Å². The van der Waals surface area contributed by atoms with Crippen molar-refractivity contribution >= 4 is 69.0 Å². The third kappa shape index (κ3) is 8.29. The maximum atomic E-state index is 13.2. The van der Waals surface area contributed by atoms with Gasteiger partial charge in [0.1, 0.15) is 47.7 Å². The first-order chi connectivity index (χ1) is 29.3. The van der Waals surface area contributed by atoms with E-state index in [0.29, 0.717) is 26.2 Å². The molecule has 12 bridgehead atoms. The Labute approximate surface area is 342 Å². The molecule has 0 spiro atoms. The van der Waals surface area contributed by atoms with Crippen LogP contribution in [0.1, 0.15) is 45.2 Å². The number of aryl methyl sites for hydroxylation is 2. The van der Waals surface area contributed by atoms with Crippen LogP contribution in [0.4, 0.5) is 23.3 Å². The second-order valence-electron chi connectivity index (χ2n) is 14.2. The van der Waals surface area contributed by atoms with Crippen LogP contribution in [-0.2, 0) is 35.8 Å². The quantitative estimate of drug-likeness (QED) is 0.159. The number of benzene rings is 2. The molecule has 0 fully saturated rings. The molecule has 0 atom stereocenters. The lowest BCUT2D eigenvalue weighted by Crippen LogP contribution is -2.35. The first-order valence-corrected chi connectivity index (χ1v) is 19.3. The van der Waals surface area contributed by atoms with E-state index in [4.69, 9.17) is 4.98 Å². The van der Waals surface area contributed by atoms with Crippen LogP contribution in [0, 0.1) is 0 Å². The van der Waals surface area contributed by atoms with E-state index in [2.05, 4.69) is 45.4 Å². The zero-order valence-electron chi connectivity index (χ0n) is 32.2. The number of fused-ring (bicyclic) bond motifs is 18. The number of carbonyl (C=O) groups excluding carboxylic acids is 4. The molecule has 16 heteroatoms. The van der Waals surface area contributed by atoms with E-state index in [9.17, 15) is 19.2 Å². The molecule has 1 aliphatic heterocycles. The van der Waals surface area contributed by atoms with Crippen molar-refractivity contribution in [2.45, 2.75) is 39.0 Å². The first-order valence-electron chi connectivity index (χ1n) is 19.3. The molecule has 0 saturated carbocycles. The summed E-state index contributed by atoms with van der Waals surface area (Å²) in [6.45, 7) is 1.84. The molecule has 8 aromatic rings. The number of nitrogens with zero attached hydrogens (tertiary/aromatic N) is 8. The number of amides is 4. The molecule has 1 aliphatic rings. The number of para-hydroxylation sites is 4. The summed E-state index contributed by atoms with van der Waals surface area (Å²) in [5.74, 6) is -0.825. The number of rotatable bonds is 0. The molecule has 4 N–H and O–H groups in total. The Kier molecular flexibility index (Phi) is 10.2. The summed E-state index contributed by atoms with van der Waals surface area (Å²) in [7, 11) is 0. The van der Waals surface area contributed by atoms with Gasteiger partial charge >= 0.3 is 0 Å². The molecule has 4 amide bonds. The lowest BCUT2D eigenvalue weighted by molar-refractivity contribution is -0.665. The zero-order chi connectivity index (χ0) is 41.0. The minimum absolute atomic E-state index is 0.0282. The number of pyridine rings is 4. The lowest BCUT2D eigenvalue weighted by Gasteiger charge is -2.09. The SMILES string of the molecule is O=C1CCn2c[n+](c3ccccc32)Cc2cccc(n2)C[n+]2cn(c3ccccc32)CCC(=O)Nc2cccc(n2)NC(=O)c2cccc(n2)C(=O)Nc2cccc(n2)N1. The van der Waals surface area contributed by atoms with Crippen molar-refractivity contribution in [3.8, 4) is 0 Å². The summed E-state index contributed by atoms with van der Waals surface area (Å²) < 4.78 is 8.35. The molecule has 7 heterocycles. The number of carbonyl (C=O) groups is 4. The smallest absolute Gasteiger partial charge is 0.275 e. The average Bonchev–Trinajstić information content (AvgIpc) is 3.79. The fourth-order valence-electron chi connectivity index (χ4n) is 7.20. The molecule has 9 rings (SSSR count). The van der Waals surface area contributed by atoms with Crippen molar-refractivity contribution in [3.63, 3.8) is 0 Å². The van der Waals surface area contributed by atoms with Gasteiger partial charge in [0, 0.05) is 0 Å². The average molecular weight is 799 g/mol. The van der Waals surface area contributed by atoms with Crippen LogP contribution in [0.15, 0.2) is 134 Å². The maximum absolute atomic E-state index is 13.2.